The molecule has 2 atom stereocenters. The average Bonchev–Trinajstić information content (AvgIpc) is 2.67. The first-order chi connectivity index (χ1) is 9.67. The van der Waals surface area contributed by atoms with Crippen LogP contribution in [0.15, 0.2) is 63.5 Å². The van der Waals surface area contributed by atoms with Gasteiger partial charge in [-0.15, -0.1) is 0 Å². The highest BCUT2D eigenvalue weighted by molar-refractivity contribution is 7.99. The molecule has 2 aliphatic rings. The molecule has 2 unspecified atom stereocenters. The molecule has 0 bridgehead atoms. The lowest BCUT2D eigenvalue weighted by Gasteiger charge is -2.24. The number of aliphatic hydroxyl groups is 1. The molecule has 0 amide bonds. The van der Waals surface area contributed by atoms with Crippen molar-refractivity contribution in [1.82, 2.24) is 0 Å². The Hall–Kier alpha value is -1.78. The largest absolute Gasteiger partial charge is 0.359 e. The van der Waals surface area contributed by atoms with Crippen LogP contribution in [0.2, 0.25) is 0 Å². The number of oxime groups is 1. The summed E-state index contributed by atoms with van der Waals surface area (Å²) in [6.45, 7) is 1.67. The van der Waals surface area contributed by atoms with Gasteiger partial charge in [0.1, 0.15) is 5.71 Å². The molecule has 3 nitrogen and oxygen atoms in total. The molecular formula is C16H13NO2S. The number of fused-ring (bicyclic) bond motifs is 5. The summed E-state index contributed by atoms with van der Waals surface area (Å²) in [5.41, 5.74) is 2.91. The summed E-state index contributed by atoms with van der Waals surface area (Å²) in [4.78, 5) is 7.57. The highest BCUT2D eigenvalue weighted by Gasteiger charge is 2.47. The van der Waals surface area contributed by atoms with Crippen molar-refractivity contribution in [2.24, 2.45) is 5.16 Å². The summed E-state index contributed by atoms with van der Waals surface area (Å²) >= 11 is 1.71. The van der Waals surface area contributed by atoms with Crippen molar-refractivity contribution < 1.29 is 9.94 Å². The fraction of sp³-hybridized carbons (Fsp3) is 0.188. The van der Waals surface area contributed by atoms with Gasteiger partial charge in [0.2, 0.25) is 5.79 Å². The Morgan fingerprint density at radius 1 is 1.10 bits per heavy atom. The molecule has 0 fully saturated rings. The van der Waals surface area contributed by atoms with Gasteiger partial charge in [0, 0.05) is 22.3 Å². The molecule has 2 heterocycles. The van der Waals surface area contributed by atoms with E-state index in [1.54, 1.807) is 18.7 Å². The molecule has 1 N–H and O–H groups in total. The fourth-order valence-corrected chi connectivity index (χ4v) is 3.96. The highest BCUT2D eigenvalue weighted by atomic mass is 32.2. The first-order valence-corrected chi connectivity index (χ1v) is 7.33. The molecule has 0 saturated heterocycles. The standard InChI is InChI=1S/C16H13NO2S/c1-16(18)14-10-6-2-4-8-12(10)20-13-9-5-3-7-11(13)15(14)17-19-16/h2-9,14,18H,1H3. The van der Waals surface area contributed by atoms with Gasteiger partial charge in [0.15, 0.2) is 0 Å². The van der Waals surface area contributed by atoms with Crippen LogP contribution < -0.4 is 0 Å². The second-order valence-electron chi connectivity index (χ2n) is 5.19. The molecule has 0 aromatic heterocycles. The van der Waals surface area contributed by atoms with Gasteiger partial charge >= 0.3 is 0 Å². The summed E-state index contributed by atoms with van der Waals surface area (Å²) in [6, 6.07) is 16.2. The van der Waals surface area contributed by atoms with E-state index < -0.39 is 5.79 Å². The van der Waals surface area contributed by atoms with E-state index in [0.717, 1.165) is 26.6 Å². The lowest BCUT2D eigenvalue weighted by molar-refractivity contribution is -0.179. The zero-order valence-corrected chi connectivity index (χ0v) is 11.7. The van der Waals surface area contributed by atoms with Gasteiger partial charge in [-0.3, -0.25) is 0 Å². The molecule has 0 aliphatic carbocycles. The van der Waals surface area contributed by atoms with Gasteiger partial charge in [-0.25, -0.2) is 0 Å². The Labute approximate surface area is 121 Å². The van der Waals surface area contributed by atoms with Crippen LogP contribution in [0.3, 0.4) is 0 Å². The van der Waals surface area contributed by atoms with Crippen LogP contribution in [0.1, 0.15) is 24.0 Å². The zero-order chi connectivity index (χ0) is 13.7. The lowest BCUT2D eigenvalue weighted by atomic mass is 9.85. The molecule has 2 aliphatic heterocycles. The number of nitrogens with zero attached hydrogens (tertiary/aromatic N) is 1. The van der Waals surface area contributed by atoms with E-state index >= 15 is 0 Å². The Morgan fingerprint density at radius 2 is 1.80 bits per heavy atom. The summed E-state index contributed by atoms with van der Waals surface area (Å²) in [5.74, 6) is -1.56. The van der Waals surface area contributed by atoms with Crippen LogP contribution in [0, 0.1) is 0 Å². The summed E-state index contributed by atoms with van der Waals surface area (Å²) in [7, 11) is 0. The second-order valence-corrected chi connectivity index (χ2v) is 6.28. The third-order valence-electron chi connectivity index (χ3n) is 3.75. The van der Waals surface area contributed by atoms with Gasteiger partial charge in [0.25, 0.3) is 0 Å². The SMILES string of the molecule is CC1(O)ON=C2c3ccccc3Sc3ccccc3C21. The van der Waals surface area contributed by atoms with E-state index in [1.165, 1.54) is 0 Å². The van der Waals surface area contributed by atoms with Crippen molar-refractivity contribution in [3.63, 3.8) is 0 Å². The summed E-state index contributed by atoms with van der Waals surface area (Å²) in [5, 5.41) is 14.7. The van der Waals surface area contributed by atoms with Crippen molar-refractivity contribution >= 4 is 17.5 Å². The van der Waals surface area contributed by atoms with Crippen molar-refractivity contribution in [2.45, 2.75) is 28.4 Å². The van der Waals surface area contributed by atoms with Crippen LogP contribution in [-0.4, -0.2) is 16.6 Å². The molecule has 4 heteroatoms. The van der Waals surface area contributed by atoms with E-state index in [0.29, 0.717) is 0 Å². The summed E-state index contributed by atoms with van der Waals surface area (Å²) < 4.78 is 0. The van der Waals surface area contributed by atoms with Gasteiger partial charge in [-0.2, -0.15) is 0 Å². The normalized spacial score (nSPS) is 26.7. The monoisotopic (exact) mass is 283 g/mol. The molecular weight excluding hydrogens is 270 g/mol. The molecule has 2 aromatic carbocycles. The van der Waals surface area contributed by atoms with Crippen LogP contribution in [0.25, 0.3) is 0 Å². The van der Waals surface area contributed by atoms with Crippen LogP contribution >= 0.6 is 11.8 Å². The topological polar surface area (TPSA) is 41.8 Å². The molecule has 20 heavy (non-hydrogen) atoms. The minimum absolute atomic E-state index is 0.255. The van der Waals surface area contributed by atoms with Crippen molar-refractivity contribution in [2.75, 3.05) is 0 Å². The van der Waals surface area contributed by atoms with Crippen molar-refractivity contribution in [3.8, 4) is 0 Å². The maximum atomic E-state index is 10.5. The van der Waals surface area contributed by atoms with Crippen molar-refractivity contribution in [3.05, 3.63) is 59.7 Å². The number of rotatable bonds is 0. The maximum absolute atomic E-state index is 10.5. The van der Waals surface area contributed by atoms with Crippen LogP contribution in [0.5, 0.6) is 0 Å². The molecule has 100 valence electrons. The van der Waals surface area contributed by atoms with Gasteiger partial charge in [0.05, 0.1) is 5.92 Å². The van der Waals surface area contributed by atoms with Crippen molar-refractivity contribution in [1.29, 1.82) is 0 Å². The summed E-state index contributed by atoms with van der Waals surface area (Å²) in [6.07, 6.45) is 0. The fourth-order valence-electron chi connectivity index (χ4n) is 2.84. The molecule has 2 aromatic rings. The lowest BCUT2D eigenvalue weighted by Crippen LogP contribution is -2.34. The minimum Gasteiger partial charge on any atom is -0.359 e. The predicted molar refractivity (Wildman–Crippen MR) is 78.0 cm³/mol. The zero-order valence-electron chi connectivity index (χ0n) is 10.9. The molecule has 4 rings (SSSR count). The Bertz CT molecular complexity index is 724. The van der Waals surface area contributed by atoms with Crippen LogP contribution in [-0.2, 0) is 4.84 Å². The first kappa shape index (κ1) is 12.0. The van der Waals surface area contributed by atoms with Gasteiger partial charge in [-0.1, -0.05) is 53.3 Å². The smallest absolute Gasteiger partial charge is 0.244 e. The van der Waals surface area contributed by atoms with E-state index in [9.17, 15) is 5.11 Å². The Morgan fingerprint density at radius 3 is 2.65 bits per heavy atom. The Kier molecular flexibility index (Phi) is 2.46. The number of hydrogen-bond acceptors (Lipinski definition) is 4. The molecule has 0 spiro atoms. The van der Waals surface area contributed by atoms with E-state index in [-0.39, 0.29) is 5.92 Å². The number of benzene rings is 2. The van der Waals surface area contributed by atoms with Gasteiger partial charge < -0.3 is 9.94 Å². The average molecular weight is 283 g/mol. The third kappa shape index (κ3) is 1.62. The maximum Gasteiger partial charge on any atom is 0.244 e. The first-order valence-electron chi connectivity index (χ1n) is 6.51. The van der Waals surface area contributed by atoms with E-state index in [1.807, 2.05) is 36.4 Å². The number of hydrogen-bond donors (Lipinski definition) is 1. The van der Waals surface area contributed by atoms with Gasteiger partial charge in [-0.05, 0) is 17.7 Å². The Balaban J connectivity index is 2.02. The molecule has 0 saturated carbocycles. The van der Waals surface area contributed by atoms with E-state index in [4.69, 9.17) is 4.84 Å². The predicted octanol–water partition coefficient (Wildman–Crippen LogP) is 3.38. The molecule has 0 radical (unpaired) electrons. The highest BCUT2D eigenvalue weighted by Crippen LogP contribution is 2.48. The third-order valence-corrected chi connectivity index (χ3v) is 4.92. The quantitative estimate of drug-likeness (QED) is 0.806. The minimum atomic E-state index is -1.30. The van der Waals surface area contributed by atoms with E-state index in [2.05, 4.69) is 17.3 Å². The van der Waals surface area contributed by atoms with Crippen LogP contribution in [0.4, 0.5) is 0 Å². The second kappa shape index (κ2) is 4.11.